The molecule has 130 valence electrons. The smallest absolute Gasteiger partial charge is 0.335 e. The van der Waals surface area contributed by atoms with Crippen molar-refractivity contribution in [3.63, 3.8) is 0 Å². The van der Waals surface area contributed by atoms with Gasteiger partial charge in [0, 0.05) is 12.1 Å². The molecule has 25 heavy (non-hydrogen) atoms. The highest BCUT2D eigenvalue weighted by Gasteiger charge is 2.20. The maximum absolute atomic E-state index is 13.9. The van der Waals surface area contributed by atoms with Gasteiger partial charge < -0.3 is 15.2 Å². The van der Waals surface area contributed by atoms with Crippen molar-refractivity contribution in [3.8, 4) is 5.75 Å². The van der Waals surface area contributed by atoms with Gasteiger partial charge in [-0.2, -0.15) is 0 Å². The summed E-state index contributed by atoms with van der Waals surface area (Å²) < 4.78 is 19.8. The molecule has 0 unspecified atom stereocenters. The van der Waals surface area contributed by atoms with Gasteiger partial charge in [0.05, 0.1) is 17.2 Å². The first kappa shape index (κ1) is 17.0. The lowest BCUT2D eigenvalue weighted by atomic mass is 9.96. The molecule has 1 amide bonds. The number of rotatable bonds is 6. The molecule has 0 atom stereocenters. The van der Waals surface area contributed by atoms with Crippen LogP contribution in [-0.2, 0) is 6.54 Å². The minimum absolute atomic E-state index is 0.192. The molecule has 1 fully saturated rings. The molecule has 6 heteroatoms. The van der Waals surface area contributed by atoms with Gasteiger partial charge in [-0.3, -0.25) is 4.79 Å². The van der Waals surface area contributed by atoms with E-state index in [4.69, 9.17) is 9.84 Å². The monoisotopic (exact) mass is 343 g/mol. The van der Waals surface area contributed by atoms with E-state index in [2.05, 4.69) is 5.32 Å². The van der Waals surface area contributed by atoms with Crippen LogP contribution in [0.1, 0.15) is 45.5 Å². The quantitative estimate of drug-likeness (QED) is 0.843. The topological polar surface area (TPSA) is 75.6 Å². The fourth-order valence-electron chi connectivity index (χ4n) is 2.54. The molecule has 0 aromatic heterocycles. The number of carboxylic acids is 1. The predicted octanol–water partition coefficient (Wildman–Crippen LogP) is 3.39. The second-order valence-corrected chi connectivity index (χ2v) is 5.96. The Morgan fingerprint density at radius 1 is 1.20 bits per heavy atom. The number of hydrogen-bond acceptors (Lipinski definition) is 3. The van der Waals surface area contributed by atoms with Crippen molar-refractivity contribution in [3.05, 3.63) is 65.0 Å². The Kier molecular flexibility index (Phi) is 4.97. The van der Waals surface area contributed by atoms with Crippen LogP contribution in [0.4, 0.5) is 4.39 Å². The summed E-state index contributed by atoms with van der Waals surface area (Å²) in [5.74, 6) is -1.99. The maximum atomic E-state index is 13.9. The Morgan fingerprint density at radius 3 is 2.60 bits per heavy atom. The first-order valence-electron chi connectivity index (χ1n) is 8.10. The number of benzene rings is 2. The number of carbonyl (C=O) groups is 2. The number of ether oxygens (including phenoxy) is 1. The SMILES string of the molecule is O=C(O)c1ccc(C(=O)NCc2ccccc2OC2CCC2)c(F)c1. The van der Waals surface area contributed by atoms with Gasteiger partial charge in [0.2, 0.25) is 0 Å². The Bertz CT molecular complexity index is 802. The van der Waals surface area contributed by atoms with Crippen molar-refractivity contribution in [1.29, 1.82) is 0 Å². The van der Waals surface area contributed by atoms with E-state index < -0.39 is 17.7 Å². The molecule has 0 saturated heterocycles. The first-order chi connectivity index (χ1) is 12.0. The van der Waals surface area contributed by atoms with E-state index in [1.54, 1.807) is 0 Å². The number of nitrogens with one attached hydrogen (secondary N) is 1. The highest BCUT2D eigenvalue weighted by molar-refractivity contribution is 5.96. The average molecular weight is 343 g/mol. The molecule has 2 aromatic rings. The Morgan fingerprint density at radius 2 is 1.96 bits per heavy atom. The van der Waals surface area contributed by atoms with Gasteiger partial charge >= 0.3 is 5.97 Å². The zero-order valence-corrected chi connectivity index (χ0v) is 13.5. The van der Waals surface area contributed by atoms with Gasteiger partial charge in [0.1, 0.15) is 11.6 Å². The van der Waals surface area contributed by atoms with Gasteiger partial charge in [-0.05, 0) is 43.5 Å². The third-order valence-corrected chi connectivity index (χ3v) is 4.22. The zero-order valence-electron chi connectivity index (χ0n) is 13.5. The van der Waals surface area contributed by atoms with E-state index in [1.165, 1.54) is 12.1 Å². The number of halogens is 1. The molecule has 1 saturated carbocycles. The largest absolute Gasteiger partial charge is 0.490 e. The summed E-state index contributed by atoms with van der Waals surface area (Å²) in [5, 5.41) is 11.5. The van der Waals surface area contributed by atoms with Crippen molar-refractivity contribution < 1.29 is 23.8 Å². The van der Waals surface area contributed by atoms with Crippen molar-refractivity contribution in [2.75, 3.05) is 0 Å². The molecule has 0 radical (unpaired) electrons. The minimum atomic E-state index is -1.24. The van der Waals surface area contributed by atoms with Crippen molar-refractivity contribution in [2.45, 2.75) is 31.9 Å². The molecule has 2 N–H and O–H groups in total. The van der Waals surface area contributed by atoms with Crippen molar-refractivity contribution in [2.24, 2.45) is 0 Å². The third-order valence-electron chi connectivity index (χ3n) is 4.22. The number of carbonyl (C=O) groups excluding carboxylic acids is 1. The van der Waals surface area contributed by atoms with E-state index in [9.17, 15) is 14.0 Å². The maximum Gasteiger partial charge on any atom is 0.335 e. The van der Waals surface area contributed by atoms with Crippen LogP contribution in [-0.4, -0.2) is 23.1 Å². The van der Waals surface area contributed by atoms with Gasteiger partial charge in [-0.1, -0.05) is 18.2 Å². The lowest BCUT2D eigenvalue weighted by Gasteiger charge is -2.27. The summed E-state index contributed by atoms with van der Waals surface area (Å²) in [6, 6.07) is 10.6. The van der Waals surface area contributed by atoms with Gasteiger partial charge in [-0.25, -0.2) is 9.18 Å². The number of amides is 1. The third kappa shape index (κ3) is 3.96. The molecule has 1 aliphatic carbocycles. The lowest BCUT2D eigenvalue weighted by Crippen LogP contribution is -2.27. The summed E-state index contributed by atoms with van der Waals surface area (Å²) in [7, 11) is 0. The molecule has 0 heterocycles. The second kappa shape index (κ2) is 7.34. The van der Waals surface area contributed by atoms with E-state index in [0.717, 1.165) is 30.9 Å². The van der Waals surface area contributed by atoms with E-state index in [0.29, 0.717) is 5.75 Å². The van der Waals surface area contributed by atoms with Crippen molar-refractivity contribution >= 4 is 11.9 Å². The van der Waals surface area contributed by atoms with Gasteiger partial charge in [0.25, 0.3) is 5.91 Å². The fraction of sp³-hybridized carbons (Fsp3) is 0.263. The van der Waals surface area contributed by atoms with Crippen LogP contribution in [0, 0.1) is 5.82 Å². The predicted molar refractivity (Wildman–Crippen MR) is 89.2 cm³/mol. The van der Waals surface area contributed by atoms with E-state index in [-0.39, 0.29) is 23.8 Å². The second-order valence-electron chi connectivity index (χ2n) is 5.96. The molecule has 5 nitrogen and oxygen atoms in total. The summed E-state index contributed by atoms with van der Waals surface area (Å²) in [6.45, 7) is 0.196. The van der Waals surface area contributed by atoms with Gasteiger partial charge in [-0.15, -0.1) is 0 Å². The first-order valence-corrected chi connectivity index (χ1v) is 8.10. The molecular formula is C19H18FNO4. The Hall–Kier alpha value is -2.89. The number of para-hydroxylation sites is 1. The lowest BCUT2D eigenvalue weighted by molar-refractivity contribution is 0.0695. The molecule has 1 aliphatic rings. The standard InChI is InChI=1S/C19H18FNO4/c20-16-10-12(19(23)24)8-9-15(16)18(22)21-11-13-4-1-2-7-17(13)25-14-5-3-6-14/h1-2,4,7-10,14H,3,5-6,11H2,(H,21,22)(H,23,24). The number of hydrogen-bond donors (Lipinski definition) is 2. The highest BCUT2D eigenvalue weighted by atomic mass is 19.1. The Labute approximate surface area is 144 Å². The zero-order chi connectivity index (χ0) is 17.8. The van der Waals surface area contributed by atoms with Crippen LogP contribution in [0.3, 0.4) is 0 Å². The van der Waals surface area contributed by atoms with E-state index >= 15 is 0 Å². The molecular weight excluding hydrogens is 325 g/mol. The Balaban J connectivity index is 1.67. The van der Waals surface area contributed by atoms with Crippen LogP contribution in [0.2, 0.25) is 0 Å². The van der Waals surface area contributed by atoms with Crippen LogP contribution < -0.4 is 10.1 Å². The summed E-state index contributed by atoms with van der Waals surface area (Å²) in [5.41, 5.74) is 0.418. The van der Waals surface area contributed by atoms with Crippen LogP contribution in [0.15, 0.2) is 42.5 Å². The van der Waals surface area contributed by atoms with Crippen molar-refractivity contribution in [1.82, 2.24) is 5.32 Å². The molecule has 0 bridgehead atoms. The average Bonchev–Trinajstić information content (AvgIpc) is 2.56. The highest BCUT2D eigenvalue weighted by Crippen LogP contribution is 2.27. The molecule has 0 spiro atoms. The van der Waals surface area contributed by atoms with Crippen LogP contribution in [0.5, 0.6) is 5.75 Å². The van der Waals surface area contributed by atoms with E-state index in [1.807, 2.05) is 24.3 Å². The fourth-order valence-corrected chi connectivity index (χ4v) is 2.54. The minimum Gasteiger partial charge on any atom is -0.490 e. The van der Waals surface area contributed by atoms with Crippen LogP contribution in [0.25, 0.3) is 0 Å². The summed E-state index contributed by atoms with van der Waals surface area (Å²) >= 11 is 0. The van der Waals surface area contributed by atoms with Crippen LogP contribution >= 0.6 is 0 Å². The summed E-state index contributed by atoms with van der Waals surface area (Å²) in [6.07, 6.45) is 3.44. The molecule has 2 aromatic carbocycles. The molecule has 0 aliphatic heterocycles. The number of aromatic carboxylic acids is 1. The van der Waals surface area contributed by atoms with Gasteiger partial charge in [0.15, 0.2) is 0 Å². The number of carboxylic acid groups (broad SMARTS) is 1. The normalized spacial score (nSPS) is 13.8. The summed E-state index contributed by atoms with van der Waals surface area (Å²) in [4.78, 5) is 23.0. The molecule has 3 rings (SSSR count).